The molecule has 0 fully saturated rings. The number of fused-ring (bicyclic) bond motifs is 1. The number of H-pyrrole nitrogens is 1. The third-order valence-electron chi connectivity index (χ3n) is 4.56. The number of aromatic amines is 1. The molecule has 1 amide bonds. The van der Waals surface area contributed by atoms with Gasteiger partial charge in [0.2, 0.25) is 5.91 Å². The van der Waals surface area contributed by atoms with Crippen molar-refractivity contribution in [3.05, 3.63) is 54.2 Å². The number of hydrogen-bond acceptors (Lipinski definition) is 3. The number of benzene rings is 2. The van der Waals surface area contributed by atoms with Crippen molar-refractivity contribution in [3.8, 4) is 11.1 Å². The molecule has 26 heavy (non-hydrogen) atoms. The second kappa shape index (κ2) is 7.54. The number of aromatic nitrogens is 1. The van der Waals surface area contributed by atoms with Gasteiger partial charge in [-0.3, -0.25) is 9.59 Å². The van der Waals surface area contributed by atoms with E-state index in [4.69, 9.17) is 0 Å². The van der Waals surface area contributed by atoms with Crippen LogP contribution in [0.25, 0.3) is 22.0 Å². The molecule has 5 heteroatoms. The van der Waals surface area contributed by atoms with Crippen molar-refractivity contribution >= 4 is 28.3 Å². The SMILES string of the molecule is CNC(Cc1c[nH]c2c(-c3cccc(NC(C)=O)c3)cccc12)C(C)=O. The highest BCUT2D eigenvalue weighted by atomic mass is 16.1. The van der Waals surface area contributed by atoms with Crippen LogP contribution in [-0.2, 0) is 16.0 Å². The van der Waals surface area contributed by atoms with E-state index in [1.165, 1.54) is 6.92 Å². The molecule has 1 unspecified atom stereocenters. The number of carbonyl (C=O) groups excluding carboxylic acids is 2. The van der Waals surface area contributed by atoms with Crippen LogP contribution in [0.2, 0.25) is 0 Å². The van der Waals surface area contributed by atoms with E-state index in [0.717, 1.165) is 33.3 Å². The molecule has 0 aliphatic carbocycles. The summed E-state index contributed by atoms with van der Waals surface area (Å²) < 4.78 is 0. The lowest BCUT2D eigenvalue weighted by atomic mass is 9.98. The number of likely N-dealkylation sites (N-methyl/N-ethyl adjacent to an activating group) is 1. The Morgan fingerprint density at radius 1 is 1.12 bits per heavy atom. The number of ketones is 1. The van der Waals surface area contributed by atoms with Crippen molar-refractivity contribution in [2.75, 3.05) is 12.4 Å². The minimum Gasteiger partial charge on any atom is -0.360 e. The maximum atomic E-state index is 11.7. The van der Waals surface area contributed by atoms with Gasteiger partial charge in [-0.1, -0.05) is 30.3 Å². The molecule has 1 aromatic heterocycles. The van der Waals surface area contributed by atoms with E-state index >= 15 is 0 Å². The number of anilines is 1. The third-order valence-corrected chi connectivity index (χ3v) is 4.56. The van der Waals surface area contributed by atoms with Crippen molar-refractivity contribution in [3.63, 3.8) is 0 Å². The number of nitrogens with one attached hydrogen (secondary N) is 3. The molecule has 1 heterocycles. The largest absolute Gasteiger partial charge is 0.360 e. The van der Waals surface area contributed by atoms with E-state index < -0.39 is 0 Å². The zero-order valence-electron chi connectivity index (χ0n) is 15.2. The molecule has 0 saturated heterocycles. The molecule has 0 radical (unpaired) electrons. The second-order valence-corrected chi connectivity index (χ2v) is 6.46. The molecule has 0 bridgehead atoms. The number of Topliss-reactive ketones (excluding diaryl/α,β-unsaturated/α-hetero) is 1. The van der Waals surface area contributed by atoms with E-state index in [9.17, 15) is 9.59 Å². The quantitative estimate of drug-likeness (QED) is 0.637. The number of para-hydroxylation sites is 1. The summed E-state index contributed by atoms with van der Waals surface area (Å²) in [6, 6.07) is 13.7. The van der Waals surface area contributed by atoms with Crippen LogP contribution < -0.4 is 10.6 Å². The summed E-state index contributed by atoms with van der Waals surface area (Å²) in [4.78, 5) is 26.4. The van der Waals surface area contributed by atoms with Gasteiger partial charge in [0.05, 0.1) is 11.6 Å². The van der Waals surface area contributed by atoms with Crippen LogP contribution in [0.1, 0.15) is 19.4 Å². The van der Waals surface area contributed by atoms with Crippen molar-refractivity contribution in [2.24, 2.45) is 0 Å². The molecule has 0 aliphatic heterocycles. The molecule has 3 N–H and O–H groups in total. The van der Waals surface area contributed by atoms with Gasteiger partial charge in [0, 0.05) is 29.8 Å². The van der Waals surface area contributed by atoms with Gasteiger partial charge in [-0.2, -0.15) is 0 Å². The Kier molecular flexibility index (Phi) is 5.19. The van der Waals surface area contributed by atoms with Crippen LogP contribution in [0.3, 0.4) is 0 Å². The topological polar surface area (TPSA) is 74.0 Å². The van der Waals surface area contributed by atoms with Crippen molar-refractivity contribution in [2.45, 2.75) is 26.3 Å². The number of rotatable bonds is 6. The van der Waals surface area contributed by atoms with Gasteiger partial charge in [0.25, 0.3) is 0 Å². The average Bonchev–Trinajstić information content (AvgIpc) is 3.02. The van der Waals surface area contributed by atoms with E-state index in [0.29, 0.717) is 6.42 Å². The summed E-state index contributed by atoms with van der Waals surface area (Å²) in [7, 11) is 1.81. The maximum Gasteiger partial charge on any atom is 0.221 e. The number of hydrogen-bond donors (Lipinski definition) is 3. The Hall–Kier alpha value is -2.92. The fourth-order valence-corrected chi connectivity index (χ4v) is 3.26. The number of amides is 1. The van der Waals surface area contributed by atoms with Gasteiger partial charge in [0.1, 0.15) is 5.78 Å². The zero-order valence-corrected chi connectivity index (χ0v) is 15.2. The van der Waals surface area contributed by atoms with E-state index in [1.54, 1.807) is 14.0 Å². The highest BCUT2D eigenvalue weighted by Crippen LogP contribution is 2.31. The standard InChI is InChI=1S/C21H23N3O2/c1-13(25)20(22-3)11-16-12-23-21-18(8-5-9-19(16)21)15-6-4-7-17(10-15)24-14(2)26/h4-10,12,20,22-23H,11H2,1-3H3,(H,24,26). The summed E-state index contributed by atoms with van der Waals surface area (Å²) in [5.74, 6) is 0.0332. The summed E-state index contributed by atoms with van der Waals surface area (Å²) in [5, 5.41) is 7.00. The zero-order chi connectivity index (χ0) is 18.7. The first-order valence-electron chi connectivity index (χ1n) is 8.64. The van der Waals surface area contributed by atoms with Crippen LogP contribution in [-0.4, -0.2) is 29.8 Å². The van der Waals surface area contributed by atoms with Crippen molar-refractivity contribution < 1.29 is 9.59 Å². The molecule has 2 aromatic carbocycles. The van der Waals surface area contributed by atoms with E-state index in [2.05, 4.69) is 27.8 Å². The van der Waals surface area contributed by atoms with Gasteiger partial charge in [-0.25, -0.2) is 0 Å². The summed E-state index contributed by atoms with van der Waals surface area (Å²) in [5.41, 5.74) is 4.98. The third kappa shape index (κ3) is 3.68. The predicted octanol–water partition coefficient (Wildman–Crippen LogP) is 3.51. The maximum absolute atomic E-state index is 11.7. The average molecular weight is 349 g/mol. The lowest BCUT2D eigenvalue weighted by Gasteiger charge is -2.12. The molecule has 1 atom stereocenters. The molecule has 3 aromatic rings. The van der Waals surface area contributed by atoms with Crippen molar-refractivity contribution in [1.29, 1.82) is 0 Å². The lowest BCUT2D eigenvalue weighted by Crippen LogP contribution is -2.34. The first-order chi connectivity index (χ1) is 12.5. The molecule has 0 aliphatic rings. The van der Waals surface area contributed by atoms with E-state index in [-0.39, 0.29) is 17.7 Å². The minimum absolute atomic E-state index is 0.0927. The van der Waals surface area contributed by atoms with Crippen molar-refractivity contribution in [1.82, 2.24) is 10.3 Å². The molecule has 5 nitrogen and oxygen atoms in total. The summed E-state index contributed by atoms with van der Waals surface area (Å²) in [6.07, 6.45) is 2.61. The first kappa shape index (κ1) is 17.9. The lowest BCUT2D eigenvalue weighted by molar-refractivity contribution is -0.118. The molecular formula is C21H23N3O2. The van der Waals surface area contributed by atoms with Crippen LogP contribution >= 0.6 is 0 Å². The van der Waals surface area contributed by atoms with E-state index in [1.807, 2.05) is 36.5 Å². The molecule has 3 rings (SSSR count). The van der Waals surface area contributed by atoms with Gasteiger partial charge in [-0.05, 0) is 43.7 Å². The Morgan fingerprint density at radius 3 is 2.58 bits per heavy atom. The Labute approximate surface area is 152 Å². The molecular weight excluding hydrogens is 326 g/mol. The van der Waals surface area contributed by atoms with Crippen LogP contribution in [0.15, 0.2) is 48.7 Å². The smallest absolute Gasteiger partial charge is 0.221 e. The molecule has 134 valence electrons. The number of carbonyl (C=O) groups is 2. The molecule has 0 spiro atoms. The Balaban J connectivity index is 2.01. The Bertz CT molecular complexity index is 959. The van der Waals surface area contributed by atoms with Gasteiger partial charge < -0.3 is 15.6 Å². The Morgan fingerprint density at radius 2 is 1.88 bits per heavy atom. The summed E-state index contributed by atoms with van der Waals surface area (Å²) >= 11 is 0. The highest BCUT2D eigenvalue weighted by molar-refractivity contribution is 5.97. The van der Waals surface area contributed by atoms with Gasteiger partial charge in [-0.15, -0.1) is 0 Å². The predicted molar refractivity (Wildman–Crippen MR) is 105 cm³/mol. The van der Waals surface area contributed by atoms with Gasteiger partial charge in [0.15, 0.2) is 0 Å². The first-order valence-corrected chi connectivity index (χ1v) is 8.64. The minimum atomic E-state index is -0.194. The monoisotopic (exact) mass is 349 g/mol. The normalized spacial score (nSPS) is 12.1. The van der Waals surface area contributed by atoms with Gasteiger partial charge >= 0.3 is 0 Å². The van der Waals surface area contributed by atoms with Crippen LogP contribution in [0.4, 0.5) is 5.69 Å². The fraction of sp³-hybridized carbons (Fsp3) is 0.238. The van der Waals surface area contributed by atoms with Crippen LogP contribution in [0.5, 0.6) is 0 Å². The van der Waals surface area contributed by atoms with Crippen LogP contribution in [0, 0.1) is 0 Å². The fourth-order valence-electron chi connectivity index (χ4n) is 3.26. The second-order valence-electron chi connectivity index (χ2n) is 6.46. The molecule has 0 saturated carbocycles. The highest BCUT2D eigenvalue weighted by Gasteiger charge is 2.16. The summed E-state index contributed by atoms with van der Waals surface area (Å²) in [6.45, 7) is 3.10.